The van der Waals surface area contributed by atoms with Crippen LogP contribution in [0.15, 0.2) is 42.9 Å². The first-order valence-corrected chi connectivity index (χ1v) is 8.24. The second kappa shape index (κ2) is 7.69. The second-order valence-corrected chi connectivity index (χ2v) is 5.63. The number of aromatic nitrogens is 4. The predicted octanol–water partition coefficient (Wildman–Crippen LogP) is 3.47. The second-order valence-electron chi connectivity index (χ2n) is 5.63. The fraction of sp³-hybridized carbons (Fsp3) is 0.211. The minimum atomic E-state index is -0.361. The van der Waals surface area contributed by atoms with Gasteiger partial charge in [0.05, 0.1) is 23.6 Å². The van der Waals surface area contributed by atoms with Crippen LogP contribution in [0.2, 0.25) is 0 Å². The Morgan fingerprint density at radius 1 is 1.08 bits per heavy atom. The monoisotopic (exact) mass is 349 g/mol. The minimum Gasteiger partial charge on any atom is -0.462 e. The molecular formula is C19H19N5O2. The third-order valence-electron chi connectivity index (χ3n) is 3.77. The molecular weight excluding hydrogens is 330 g/mol. The summed E-state index contributed by atoms with van der Waals surface area (Å²) >= 11 is 0. The van der Waals surface area contributed by atoms with Crippen molar-refractivity contribution in [3.63, 3.8) is 0 Å². The molecule has 0 aliphatic carbocycles. The fourth-order valence-corrected chi connectivity index (χ4v) is 2.43. The molecule has 26 heavy (non-hydrogen) atoms. The first-order chi connectivity index (χ1) is 12.6. The van der Waals surface area contributed by atoms with Crippen molar-refractivity contribution in [1.82, 2.24) is 19.9 Å². The van der Waals surface area contributed by atoms with Crippen LogP contribution in [0.25, 0.3) is 11.4 Å². The Labute approximate surface area is 151 Å². The van der Waals surface area contributed by atoms with Gasteiger partial charge in [0.25, 0.3) is 0 Å². The Hall–Kier alpha value is -3.35. The van der Waals surface area contributed by atoms with Gasteiger partial charge in [0.15, 0.2) is 0 Å². The summed E-state index contributed by atoms with van der Waals surface area (Å²) in [6, 6.07) is 7.10. The molecule has 0 aliphatic heterocycles. The molecule has 0 amide bonds. The molecule has 0 bridgehead atoms. The Balaban J connectivity index is 1.90. The van der Waals surface area contributed by atoms with Crippen molar-refractivity contribution in [3.8, 4) is 11.4 Å². The van der Waals surface area contributed by atoms with Crippen LogP contribution in [0.4, 0.5) is 11.6 Å². The summed E-state index contributed by atoms with van der Waals surface area (Å²) in [5.41, 5.74) is 4.34. The third kappa shape index (κ3) is 3.83. The van der Waals surface area contributed by atoms with Gasteiger partial charge in [-0.25, -0.2) is 14.8 Å². The Morgan fingerprint density at radius 2 is 1.88 bits per heavy atom. The van der Waals surface area contributed by atoms with Crippen LogP contribution in [0.3, 0.4) is 0 Å². The molecule has 1 N–H and O–H groups in total. The molecule has 1 aromatic carbocycles. The average molecular weight is 349 g/mol. The first kappa shape index (κ1) is 17.5. The van der Waals surface area contributed by atoms with Crippen LogP contribution in [0, 0.1) is 13.8 Å². The lowest BCUT2D eigenvalue weighted by molar-refractivity contribution is 0.0526. The zero-order valence-electron chi connectivity index (χ0n) is 14.9. The van der Waals surface area contributed by atoms with Gasteiger partial charge in [0.2, 0.25) is 5.95 Å². The summed E-state index contributed by atoms with van der Waals surface area (Å²) in [5, 5.41) is 3.16. The summed E-state index contributed by atoms with van der Waals surface area (Å²) in [4.78, 5) is 29.3. The van der Waals surface area contributed by atoms with Gasteiger partial charge in [-0.15, -0.1) is 0 Å². The molecule has 0 unspecified atom stereocenters. The van der Waals surface area contributed by atoms with E-state index in [4.69, 9.17) is 4.74 Å². The van der Waals surface area contributed by atoms with Gasteiger partial charge in [-0.1, -0.05) is 6.07 Å². The highest BCUT2D eigenvalue weighted by Gasteiger charge is 2.11. The fourth-order valence-electron chi connectivity index (χ4n) is 2.43. The van der Waals surface area contributed by atoms with Crippen molar-refractivity contribution in [2.24, 2.45) is 0 Å². The van der Waals surface area contributed by atoms with Crippen molar-refractivity contribution in [1.29, 1.82) is 0 Å². The molecule has 0 radical (unpaired) electrons. The van der Waals surface area contributed by atoms with E-state index in [1.807, 2.05) is 19.9 Å². The standard InChI is InChI=1S/C19H19N5O2/c1-4-26-18(25)14-6-5-12(2)16(11-14)24-19-22-8-7-15(23-19)17-13(3)20-9-10-21-17/h5-11H,4H2,1-3H3,(H,22,23,24). The molecule has 0 atom stereocenters. The highest BCUT2D eigenvalue weighted by molar-refractivity contribution is 5.91. The molecule has 0 saturated carbocycles. The SMILES string of the molecule is CCOC(=O)c1ccc(C)c(Nc2nccc(-c3nccnc3C)n2)c1. The van der Waals surface area contributed by atoms with Crippen molar-refractivity contribution >= 4 is 17.6 Å². The number of nitrogens with one attached hydrogen (secondary N) is 1. The van der Waals surface area contributed by atoms with Crippen LogP contribution < -0.4 is 5.32 Å². The highest BCUT2D eigenvalue weighted by Crippen LogP contribution is 2.23. The van der Waals surface area contributed by atoms with Crippen LogP contribution in [0.5, 0.6) is 0 Å². The molecule has 3 aromatic rings. The maximum Gasteiger partial charge on any atom is 0.338 e. The normalized spacial score (nSPS) is 10.4. The van der Waals surface area contributed by atoms with Gasteiger partial charge in [-0.2, -0.15) is 0 Å². The number of hydrogen-bond acceptors (Lipinski definition) is 7. The molecule has 7 heteroatoms. The quantitative estimate of drug-likeness (QED) is 0.705. The number of benzene rings is 1. The lowest BCUT2D eigenvalue weighted by Gasteiger charge is -2.11. The summed E-state index contributed by atoms with van der Waals surface area (Å²) in [6.45, 7) is 5.93. The zero-order chi connectivity index (χ0) is 18.5. The maximum absolute atomic E-state index is 11.9. The van der Waals surface area contributed by atoms with E-state index in [0.717, 1.165) is 16.9 Å². The molecule has 0 saturated heterocycles. The molecule has 2 heterocycles. The van der Waals surface area contributed by atoms with E-state index in [0.29, 0.717) is 29.5 Å². The van der Waals surface area contributed by atoms with E-state index >= 15 is 0 Å². The maximum atomic E-state index is 11.9. The largest absolute Gasteiger partial charge is 0.462 e. The van der Waals surface area contributed by atoms with Crippen LogP contribution >= 0.6 is 0 Å². The number of aryl methyl sites for hydroxylation is 2. The van der Waals surface area contributed by atoms with Gasteiger partial charge in [0, 0.05) is 24.3 Å². The number of esters is 1. The number of ether oxygens (including phenoxy) is 1. The molecule has 0 fully saturated rings. The van der Waals surface area contributed by atoms with E-state index in [9.17, 15) is 4.79 Å². The Morgan fingerprint density at radius 3 is 2.65 bits per heavy atom. The molecule has 7 nitrogen and oxygen atoms in total. The molecule has 3 rings (SSSR count). The number of carbonyl (C=O) groups excluding carboxylic acids is 1. The Kier molecular flexibility index (Phi) is 5.17. The predicted molar refractivity (Wildman–Crippen MR) is 98.2 cm³/mol. The van der Waals surface area contributed by atoms with Crippen LogP contribution in [-0.2, 0) is 4.74 Å². The van der Waals surface area contributed by atoms with Gasteiger partial charge >= 0.3 is 5.97 Å². The number of anilines is 2. The number of hydrogen-bond donors (Lipinski definition) is 1. The summed E-state index contributed by atoms with van der Waals surface area (Å²) < 4.78 is 5.05. The van der Waals surface area contributed by atoms with Gasteiger partial charge < -0.3 is 10.1 Å². The number of carbonyl (C=O) groups is 1. The summed E-state index contributed by atoms with van der Waals surface area (Å²) in [5.74, 6) is 0.0528. The molecule has 2 aromatic heterocycles. The van der Waals surface area contributed by atoms with E-state index in [2.05, 4.69) is 25.3 Å². The number of rotatable bonds is 5. The summed E-state index contributed by atoms with van der Waals surface area (Å²) in [7, 11) is 0. The van der Waals surface area contributed by atoms with Gasteiger partial charge in [0.1, 0.15) is 5.69 Å². The lowest BCUT2D eigenvalue weighted by atomic mass is 10.1. The van der Waals surface area contributed by atoms with E-state index in [-0.39, 0.29) is 5.97 Å². The lowest BCUT2D eigenvalue weighted by Crippen LogP contribution is -2.06. The number of nitrogens with zero attached hydrogens (tertiary/aromatic N) is 4. The van der Waals surface area contributed by atoms with Gasteiger partial charge in [-0.3, -0.25) is 9.97 Å². The minimum absolute atomic E-state index is 0.331. The smallest absolute Gasteiger partial charge is 0.338 e. The third-order valence-corrected chi connectivity index (χ3v) is 3.77. The Bertz CT molecular complexity index is 943. The molecule has 0 aliphatic rings. The molecule has 132 valence electrons. The van der Waals surface area contributed by atoms with E-state index in [1.165, 1.54) is 0 Å². The van der Waals surface area contributed by atoms with E-state index in [1.54, 1.807) is 43.7 Å². The van der Waals surface area contributed by atoms with Crippen molar-refractivity contribution in [2.45, 2.75) is 20.8 Å². The van der Waals surface area contributed by atoms with Gasteiger partial charge in [-0.05, 0) is 44.5 Å². The van der Waals surface area contributed by atoms with Crippen LogP contribution in [0.1, 0.15) is 28.5 Å². The highest BCUT2D eigenvalue weighted by atomic mass is 16.5. The first-order valence-electron chi connectivity index (χ1n) is 8.24. The van der Waals surface area contributed by atoms with Crippen molar-refractivity contribution < 1.29 is 9.53 Å². The van der Waals surface area contributed by atoms with Crippen LogP contribution in [-0.4, -0.2) is 32.5 Å². The summed E-state index contributed by atoms with van der Waals surface area (Å²) in [6.07, 6.45) is 4.93. The van der Waals surface area contributed by atoms with Crippen molar-refractivity contribution in [3.05, 3.63) is 59.7 Å². The van der Waals surface area contributed by atoms with E-state index < -0.39 is 0 Å². The average Bonchev–Trinajstić information content (AvgIpc) is 2.64. The topological polar surface area (TPSA) is 89.9 Å². The van der Waals surface area contributed by atoms with Crippen molar-refractivity contribution in [2.75, 3.05) is 11.9 Å². The molecule has 0 spiro atoms. The zero-order valence-corrected chi connectivity index (χ0v) is 14.9.